The minimum atomic E-state index is -0.0783. The number of halogens is 1. The van der Waals surface area contributed by atoms with Crippen LogP contribution in [-0.4, -0.2) is 28.5 Å². The number of rotatable bonds is 2. The van der Waals surface area contributed by atoms with Crippen LogP contribution >= 0.6 is 11.6 Å². The molecule has 1 N–H and O–H groups in total. The molecule has 120 valence electrons. The van der Waals surface area contributed by atoms with Gasteiger partial charge in [-0.3, -0.25) is 14.3 Å². The largest absolute Gasteiger partial charge is 0.313 e. The van der Waals surface area contributed by atoms with Gasteiger partial charge in [0.2, 0.25) is 0 Å². The first-order valence-corrected chi connectivity index (χ1v) is 8.28. The Labute approximate surface area is 144 Å². The van der Waals surface area contributed by atoms with Gasteiger partial charge >= 0.3 is 0 Å². The highest BCUT2D eigenvalue weighted by Crippen LogP contribution is 2.29. The topological polar surface area (TPSA) is 46.9 Å². The van der Waals surface area contributed by atoms with E-state index >= 15 is 0 Å². The molecule has 1 aliphatic heterocycles. The van der Waals surface area contributed by atoms with Gasteiger partial charge in [0.1, 0.15) is 0 Å². The predicted molar refractivity (Wildman–Crippen MR) is 96.4 cm³/mol. The highest BCUT2D eigenvalue weighted by atomic mass is 35.5. The van der Waals surface area contributed by atoms with E-state index in [1.807, 2.05) is 18.3 Å². The van der Waals surface area contributed by atoms with Crippen molar-refractivity contribution in [2.75, 3.05) is 13.1 Å². The van der Waals surface area contributed by atoms with E-state index in [2.05, 4.69) is 16.4 Å². The Morgan fingerprint density at radius 1 is 1.21 bits per heavy atom. The van der Waals surface area contributed by atoms with Gasteiger partial charge in [-0.05, 0) is 54.9 Å². The molecular formula is C19H16ClN3O. The zero-order valence-electron chi connectivity index (χ0n) is 13.0. The van der Waals surface area contributed by atoms with Gasteiger partial charge in [-0.25, -0.2) is 0 Å². The number of pyridine rings is 1. The second-order valence-electron chi connectivity index (χ2n) is 5.78. The van der Waals surface area contributed by atoms with Crippen LogP contribution in [0, 0.1) is 0 Å². The van der Waals surface area contributed by atoms with Gasteiger partial charge in [0.25, 0.3) is 5.91 Å². The number of hydrogen-bond donors (Lipinski definition) is 1. The molecule has 3 heterocycles. The van der Waals surface area contributed by atoms with E-state index in [1.54, 1.807) is 35.0 Å². The second kappa shape index (κ2) is 6.23. The molecule has 0 unspecified atom stereocenters. The first-order valence-electron chi connectivity index (χ1n) is 7.90. The van der Waals surface area contributed by atoms with E-state index in [-0.39, 0.29) is 5.91 Å². The maximum absolute atomic E-state index is 12.9. The van der Waals surface area contributed by atoms with Crippen LogP contribution in [-0.2, 0) is 0 Å². The summed E-state index contributed by atoms with van der Waals surface area (Å²) in [5.74, 6) is -0.0783. The number of carbonyl (C=O) groups excluding carboxylic acids is 1. The smallest absolute Gasteiger partial charge is 0.262 e. The average molecular weight is 338 g/mol. The van der Waals surface area contributed by atoms with E-state index in [0.717, 1.165) is 36.1 Å². The van der Waals surface area contributed by atoms with E-state index in [9.17, 15) is 4.79 Å². The van der Waals surface area contributed by atoms with E-state index < -0.39 is 0 Å². The predicted octanol–water partition coefficient (Wildman–Crippen LogP) is 3.75. The van der Waals surface area contributed by atoms with Crippen LogP contribution < -0.4 is 5.32 Å². The minimum absolute atomic E-state index is 0.0783. The molecule has 2 aromatic heterocycles. The van der Waals surface area contributed by atoms with Gasteiger partial charge in [0, 0.05) is 35.1 Å². The van der Waals surface area contributed by atoms with Gasteiger partial charge in [-0.15, -0.1) is 0 Å². The number of benzene rings is 1. The van der Waals surface area contributed by atoms with Crippen molar-refractivity contribution in [3.05, 3.63) is 71.0 Å². The number of carbonyl (C=O) groups is 1. The molecule has 0 saturated heterocycles. The van der Waals surface area contributed by atoms with Crippen LogP contribution in [0.4, 0.5) is 0 Å². The summed E-state index contributed by atoms with van der Waals surface area (Å²) in [6.07, 6.45) is 6.78. The van der Waals surface area contributed by atoms with E-state index in [0.29, 0.717) is 10.6 Å². The summed E-state index contributed by atoms with van der Waals surface area (Å²) in [5.41, 5.74) is 4.57. The summed E-state index contributed by atoms with van der Waals surface area (Å²) >= 11 is 5.92. The van der Waals surface area contributed by atoms with Crippen molar-refractivity contribution in [1.29, 1.82) is 0 Å². The fourth-order valence-electron chi connectivity index (χ4n) is 3.06. The normalized spacial score (nSPS) is 14.6. The Morgan fingerprint density at radius 2 is 2.04 bits per heavy atom. The standard InChI is InChI=1S/C19H16ClN3O/c20-15-5-3-14(4-6-15)19(24)23-12-16(13-7-10-21-11-8-13)18-17(23)2-1-9-22-18/h1-7,9,12,21H,8,10-11H2. The molecular weight excluding hydrogens is 322 g/mol. The average Bonchev–Trinajstić information content (AvgIpc) is 3.02. The zero-order chi connectivity index (χ0) is 16.5. The maximum Gasteiger partial charge on any atom is 0.262 e. The summed E-state index contributed by atoms with van der Waals surface area (Å²) in [6, 6.07) is 10.7. The number of fused-ring (bicyclic) bond motifs is 1. The third kappa shape index (κ3) is 2.64. The highest BCUT2D eigenvalue weighted by molar-refractivity contribution is 6.30. The first kappa shape index (κ1) is 15.1. The van der Waals surface area contributed by atoms with Crippen molar-refractivity contribution < 1.29 is 4.79 Å². The maximum atomic E-state index is 12.9. The van der Waals surface area contributed by atoms with Crippen LogP contribution in [0.15, 0.2) is 54.9 Å². The summed E-state index contributed by atoms with van der Waals surface area (Å²) in [4.78, 5) is 17.4. The zero-order valence-corrected chi connectivity index (χ0v) is 13.8. The van der Waals surface area contributed by atoms with Crippen molar-refractivity contribution >= 4 is 34.1 Å². The molecule has 24 heavy (non-hydrogen) atoms. The van der Waals surface area contributed by atoms with E-state index in [4.69, 9.17) is 11.6 Å². The first-order chi connectivity index (χ1) is 11.7. The Hall–Kier alpha value is -2.43. The Kier molecular flexibility index (Phi) is 3.92. The van der Waals surface area contributed by atoms with Crippen LogP contribution in [0.5, 0.6) is 0 Å². The third-order valence-corrected chi connectivity index (χ3v) is 4.53. The summed E-state index contributed by atoms with van der Waals surface area (Å²) in [5, 5.41) is 3.93. The Balaban J connectivity index is 1.85. The number of aromatic nitrogens is 2. The molecule has 1 aliphatic rings. The molecule has 0 aliphatic carbocycles. The number of nitrogens with one attached hydrogen (secondary N) is 1. The van der Waals surface area contributed by atoms with E-state index in [1.165, 1.54) is 5.57 Å². The molecule has 4 rings (SSSR count). The molecule has 0 spiro atoms. The summed E-state index contributed by atoms with van der Waals surface area (Å²) < 4.78 is 1.68. The quantitative estimate of drug-likeness (QED) is 0.774. The summed E-state index contributed by atoms with van der Waals surface area (Å²) in [6.45, 7) is 1.79. The van der Waals surface area contributed by atoms with Crippen molar-refractivity contribution in [1.82, 2.24) is 14.9 Å². The third-order valence-electron chi connectivity index (χ3n) is 4.28. The SMILES string of the molecule is O=C(c1ccc(Cl)cc1)n1cc(C2=CCNCC2)c2ncccc21. The van der Waals surface area contributed by atoms with Crippen LogP contribution in [0.25, 0.3) is 16.6 Å². The lowest BCUT2D eigenvalue weighted by Crippen LogP contribution is -2.20. The molecule has 5 heteroatoms. The molecule has 1 aromatic carbocycles. The van der Waals surface area contributed by atoms with Gasteiger partial charge in [-0.2, -0.15) is 0 Å². The number of hydrogen-bond acceptors (Lipinski definition) is 3. The lowest BCUT2D eigenvalue weighted by atomic mass is 10.0. The Morgan fingerprint density at radius 3 is 2.79 bits per heavy atom. The fourth-order valence-corrected chi connectivity index (χ4v) is 3.19. The van der Waals surface area contributed by atoms with Crippen LogP contribution in [0.2, 0.25) is 5.02 Å². The van der Waals surface area contributed by atoms with Crippen LogP contribution in [0.3, 0.4) is 0 Å². The molecule has 0 amide bonds. The van der Waals surface area contributed by atoms with Crippen molar-refractivity contribution in [2.45, 2.75) is 6.42 Å². The van der Waals surface area contributed by atoms with Crippen molar-refractivity contribution in [2.24, 2.45) is 0 Å². The van der Waals surface area contributed by atoms with Gasteiger partial charge in [0.15, 0.2) is 0 Å². The second-order valence-corrected chi connectivity index (χ2v) is 6.22. The molecule has 0 saturated carbocycles. The lowest BCUT2D eigenvalue weighted by molar-refractivity contribution is 0.0965. The van der Waals surface area contributed by atoms with Crippen molar-refractivity contribution in [3.8, 4) is 0 Å². The molecule has 0 fully saturated rings. The molecule has 0 radical (unpaired) electrons. The monoisotopic (exact) mass is 337 g/mol. The number of nitrogens with zero attached hydrogens (tertiary/aromatic N) is 2. The van der Waals surface area contributed by atoms with Gasteiger partial charge in [-0.1, -0.05) is 17.7 Å². The minimum Gasteiger partial charge on any atom is -0.313 e. The molecule has 4 nitrogen and oxygen atoms in total. The van der Waals surface area contributed by atoms with Gasteiger partial charge in [0.05, 0.1) is 11.0 Å². The van der Waals surface area contributed by atoms with Crippen molar-refractivity contribution in [3.63, 3.8) is 0 Å². The fraction of sp³-hybridized carbons (Fsp3) is 0.158. The molecule has 3 aromatic rings. The molecule has 0 bridgehead atoms. The van der Waals surface area contributed by atoms with Gasteiger partial charge < -0.3 is 5.32 Å². The summed E-state index contributed by atoms with van der Waals surface area (Å²) in [7, 11) is 0. The Bertz CT molecular complexity index is 941. The lowest BCUT2D eigenvalue weighted by Gasteiger charge is -2.12. The molecule has 0 atom stereocenters. The highest BCUT2D eigenvalue weighted by Gasteiger charge is 2.18. The van der Waals surface area contributed by atoms with Crippen LogP contribution in [0.1, 0.15) is 22.3 Å².